The van der Waals surface area contributed by atoms with Gasteiger partial charge >= 0.3 is 12.1 Å². The van der Waals surface area contributed by atoms with E-state index in [1.165, 1.54) is 31.3 Å². The summed E-state index contributed by atoms with van der Waals surface area (Å²) in [6.07, 6.45) is 0.442. The molecular formula is C39H46ClFN2O9. The molecule has 52 heavy (non-hydrogen) atoms. The van der Waals surface area contributed by atoms with Crippen LogP contribution in [0.25, 0.3) is 5.57 Å². The van der Waals surface area contributed by atoms with Gasteiger partial charge in [0, 0.05) is 26.5 Å². The number of aliphatic hydroxyl groups is 1. The number of anilines is 1. The fraction of sp³-hybridized carbons (Fsp3) is 0.462. The molecule has 2 aromatic carbocycles. The number of methoxy groups -OCH3 is 2. The summed E-state index contributed by atoms with van der Waals surface area (Å²) in [5.74, 6) is -1.98. The Balaban J connectivity index is 1.53. The van der Waals surface area contributed by atoms with E-state index in [2.05, 4.69) is 11.9 Å². The molecule has 13 heteroatoms. The molecule has 5 rings (SSSR count). The zero-order valence-corrected chi connectivity index (χ0v) is 31.2. The standard InChI is InChI=1S/C39H46ClFN2O9/c1-21(2)25-12-13-26(27(41)17-25)18-34(45)51-32-19-33(44)43(6)28-15-24(16-29(48-7)35(28)40)14-22(3)10-9-11-31(49-8)39(47)20-30(50-37(46)42-39)23(4)36-38(32,5)52-36/h9-13,15-17,23,30-32,36,47H,1,14,18-20H2,2-8H3,(H,42,46)/b11-9+,22-10+/t23-,30+,31-,32+,36+,38+,39+/m1/s1. The third-order valence-corrected chi connectivity index (χ3v) is 10.5. The highest BCUT2D eigenvalue weighted by molar-refractivity contribution is 6.35. The second-order valence-electron chi connectivity index (χ2n) is 14.0. The topological polar surface area (TPSA) is 136 Å². The maximum absolute atomic E-state index is 15.0. The molecular weight excluding hydrogens is 695 g/mol. The number of nitrogens with zero attached hydrogens (tertiary/aromatic N) is 1. The predicted octanol–water partition coefficient (Wildman–Crippen LogP) is 6.08. The van der Waals surface area contributed by atoms with Crippen molar-refractivity contribution < 1.29 is 47.6 Å². The number of nitrogens with one attached hydrogen (secondary N) is 1. The lowest BCUT2D eigenvalue weighted by molar-refractivity contribution is -0.153. The fourth-order valence-electron chi connectivity index (χ4n) is 6.92. The predicted molar refractivity (Wildman–Crippen MR) is 194 cm³/mol. The van der Waals surface area contributed by atoms with Crippen LogP contribution in [0.1, 0.15) is 57.2 Å². The SMILES string of the molecule is C=C(C)c1ccc(CC(=O)O[C@H]2CC(=O)N(C)c3cc(cc(OC)c3Cl)C/C(C)=C/C=C/[C@@H](OC)[C@@]3(O)C[C@H](OC(=O)N3)[C@@H](C)[C@@H]3O[C@@]23C)c(F)c1. The van der Waals surface area contributed by atoms with Crippen LogP contribution >= 0.6 is 11.6 Å². The minimum absolute atomic E-state index is 0.0584. The number of hydrogen-bond acceptors (Lipinski definition) is 9. The normalized spacial score (nSPS) is 30.9. The van der Waals surface area contributed by atoms with Crippen LogP contribution in [0.5, 0.6) is 5.75 Å². The molecule has 4 bridgehead atoms. The molecule has 11 nitrogen and oxygen atoms in total. The molecule has 0 unspecified atom stereocenters. The molecule has 0 aliphatic carbocycles. The van der Waals surface area contributed by atoms with Gasteiger partial charge in [0.05, 0.1) is 31.7 Å². The number of esters is 1. The number of fused-ring (bicyclic) bond motifs is 5. The second kappa shape index (κ2) is 15.4. The summed E-state index contributed by atoms with van der Waals surface area (Å²) >= 11 is 6.74. The molecule has 280 valence electrons. The van der Waals surface area contributed by atoms with Gasteiger partial charge < -0.3 is 33.7 Å². The number of allylic oxidation sites excluding steroid dienone is 4. The van der Waals surface area contributed by atoms with Crippen LogP contribution in [-0.2, 0) is 41.4 Å². The minimum Gasteiger partial charge on any atom is -0.495 e. The van der Waals surface area contributed by atoms with Crippen LogP contribution in [0.3, 0.4) is 0 Å². The number of ether oxygens (including phenoxy) is 5. The third kappa shape index (κ3) is 8.20. The van der Waals surface area contributed by atoms with E-state index in [-0.39, 0.29) is 23.4 Å². The lowest BCUT2D eigenvalue weighted by atomic mass is 9.83. The summed E-state index contributed by atoms with van der Waals surface area (Å²) in [6.45, 7) is 11.0. The van der Waals surface area contributed by atoms with E-state index in [1.54, 1.807) is 58.2 Å². The molecule has 2 saturated heterocycles. The van der Waals surface area contributed by atoms with Gasteiger partial charge in [0.25, 0.3) is 0 Å². The van der Waals surface area contributed by atoms with Crippen molar-refractivity contribution in [1.82, 2.24) is 5.32 Å². The molecule has 0 saturated carbocycles. The smallest absolute Gasteiger partial charge is 0.409 e. The van der Waals surface area contributed by atoms with Gasteiger partial charge in [-0.2, -0.15) is 0 Å². The average Bonchev–Trinajstić information content (AvgIpc) is 3.78. The first kappa shape index (κ1) is 39.0. The van der Waals surface area contributed by atoms with Crippen molar-refractivity contribution in [3.63, 3.8) is 0 Å². The van der Waals surface area contributed by atoms with E-state index >= 15 is 4.39 Å². The zero-order valence-electron chi connectivity index (χ0n) is 30.5. The van der Waals surface area contributed by atoms with Crippen molar-refractivity contribution >= 4 is 40.8 Å². The molecule has 0 spiro atoms. The Labute approximate surface area is 308 Å². The van der Waals surface area contributed by atoms with Crippen molar-refractivity contribution in [3.8, 4) is 5.75 Å². The van der Waals surface area contributed by atoms with Crippen molar-refractivity contribution in [2.24, 2.45) is 5.92 Å². The Morgan fingerprint density at radius 1 is 1.23 bits per heavy atom. The lowest BCUT2D eigenvalue weighted by Crippen LogP contribution is -2.63. The van der Waals surface area contributed by atoms with Crippen molar-refractivity contribution in [2.45, 2.75) is 89.1 Å². The van der Waals surface area contributed by atoms with Gasteiger partial charge in [-0.3, -0.25) is 14.9 Å². The van der Waals surface area contributed by atoms with Crippen LogP contribution < -0.4 is 15.0 Å². The summed E-state index contributed by atoms with van der Waals surface area (Å²) < 4.78 is 44.0. The highest BCUT2D eigenvalue weighted by Crippen LogP contribution is 2.49. The fourth-order valence-corrected chi connectivity index (χ4v) is 7.23. The minimum atomic E-state index is -1.83. The molecule has 2 N–H and O–H groups in total. The van der Waals surface area contributed by atoms with Crippen molar-refractivity contribution in [1.29, 1.82) is 0 Å². The highest BCUT2D eigenvalue weighted by Gasteiger charge is 2.64. The van der Waals surface area contributed by atoms with E-state index in [0.717, 1.165) is 11.1 Å². The Bertz CT molecular complexity index is 1810. The Kier molecular flexibility index (Phi) is 11.5. The first-order valence-corrected chi connectivity index (χ1v) is 17.4. The quantitative estimate of drug-likeness (QED) is 0.267. The van der Waals surface area contributed by atoms with Crippen LogP contribution in [0.2, 0.25) is 5.02 Å². The number of hydrogen-bond donors (Lipinski definition) is 2. The van der Waals surface area contributed by atoms with E-state index in [1.807, 2.05) is 13.0 Å². The van der Waals surface area contributed by atoms with Crippen LogP contribution in [0, 0.1) is 11.7 Å². The Morgan fingerprint density at radius 2 is 1.96 bits per heavy atom. The van der Waals surface area contributed by atoms with Crippen molar-refractivity contribution in [2.75, 3.05) is 26.2 Å². The average molecular weight is 741 g/mol. The molecule has 2 amide bonds. The van der Waals surface area contributed by atoms with Crippen LogP contribution in [-0.4, -0.2) is 80.1 Å². The van der Waals surface area contributed by atoms with E-state index in [4.69, 9.17) is 35.3 Å². The van der Waals surface area contributed by atoms with E-state index < -0.39 is 71.9 Å². The summed E-state index contributed by atoms with van der Waals surface area (Å²) in [4.78, 5) is 41.7. The zero-order chi connectivity index (χ0) is 38.1. The van der Waals surface area contributed by atoms with Gasteiger partial charge in [0.1, 0.15) is 40.5 Å². The molecule has 2 fully saturated rings. The summed E-state index contributed by atoms with van der Waals surface area (Å²) in [6, 6.07) is 8.04. The maximum atomic E-state index is 15.0. The van der Waals surface area contributed by atoms with Crippen LogP contribution in [0.15, 0.2) is 60.7 Å². The molecule has 7 atom stereocenters. The number of carbonyl (C=O) groups is 3. The highest BCUT2D eigenvalue weighted by atomic mass is 35.5. The molecule has 0 aromatic heterocycles. The summed E-state index contributed by atoms with van der Waals surface area (Å²) in [5.41, 5.74) is 0.430. The maximum Gasteiger partial charge on any atom is 0.409 e. The van der Waals surface area contributed by atoms with Crippen molar-refractivity contribution in [3.05, 3.63) is 88.2 Å². The molecule has 0 radical (unpaired) electrons. The summed E-state index contributed by atoms with van der Waals surface area (Å²) in [5, 5.41) is 14.4. The molecule has 3 heterocycles. The summed E-state index contributed by atoms with van der Waals surface area (Å²) in [7, 11) is 4.47. The van der Waals surface area contributed by atoms with Gasteiger partial charge in [0.15, 0.2) is 5.72 Å². The van der Waals surface area contributed by atoms with E-state index in [0.29, 0.717) is 29.0 Å². The molecule has 3 aliphatic heterocycles. The van der Waals surface area contributed by atoms with Crippen LogP contribution in [0.4, 0.5) is 14.9 Å². The third-order valence-electron chi connectivity index (χ3n) is 10.1. The van der Waals surface area contributed by atoms with Gasteiger partial charge in [-0.25, -0.2) is 9.18 Å². The number of carbonyl (C=O) groups excluding carboxylic acids is 3. The first-order valence-electron chi connectivity index (χ1n) is 17.0. The largest absolute Gasteiger partial charge is 0.495 e. The van der Waals surface area contributed by atoms with Gasteiger partial charge in [-0.15, -0.1) is 0 Å². The number of alkyl carbamates (subject to hydrolysis) is 1. The molecule has 2 aromatic rings. The second-order valence-corrected chi connectivity index (χ2v) is 14.4. The Hall–Kier alpha value is -4.23. The number of rotatable bonds is 6. The van der Waals surface area contributed by atoms with Gasteiger partial charge in [-0.05, 0) is 62.1 Å². The van der Waals surface area contributed by atoms with Gasteiger partial charge in [-0.1, -0.05) is 66.6 Å². The molecule has 3 aliphatic rings. The Morgan fingerprint density at radius 3 is 2.62 bits per heavy atom. The number of amides is 2. The monoisotopic (exact) mass is 740 g/mol. The number of benzene rings is 2. The van der Waals surface area contributed by atoms with E-state index in [9.17, 15) is 19.5 Å². The lowest BCUT2D eigenvalue weighted by Gasteiger charge is -2.42. The number of epoxide rings is 1. The number of halogens is 2. The van der Waals surface area contributed by atoms with Gasteiger partial charge in [0.2, 0.25) is 5.91 Å². The first-order chi connectivity index (χ1) is 24.5.